The lowest BCUT2D eigenvalue weighted by Crippen LogP contribution is -1.99. The molecule has 250 valence electrons. The lowest BCUT2D eigenvalue weighted by molar-refractivity contribution is 1.16. The summed E-state index contributed by atoms with van der Waals surface area (Å²) in [7, 11) is 0. The number of aromatic nitrogens is 4. The summed E-state index contributed by atoms with van der Waals surface area (Å²) in [6, 6.07) is 49.2. The zero-order valence-electron chi connectivity index (χ0n) is 29.0. The third-order valence-electron chi connectivity index (χ3n) is 10.2. The molecule has 0 spiro atoms. The topological polar surface area (TPSA) is 43.6 Å². The van der Waals surface area contributed by atoms with E-state index >= 15 is 0 Å². The zero-order chi connectivity index (χ0) is 35.5. The van der Waals surface area contributed by atoms with Crippen LogP contribution in [0.4, 0.5) is 0 Å². The summed E-state index contributed by atoms with van der Waals surface area (Å²) < 4.78 is 3.74. The summed E-state index contributed by atoms with van der Waals surface area (Å²) >= 11 is 1.87. The smallest absolute Gasteiger partial charge is 0.163 e. The van der Waals surface area contributed by atoms with Crippen LogP contribution in [0.15, 0.2) is 164 Å². The van der Waals surface area contributed by atoms with Crippen LogP contribution in [0, 0.1) is 6.92 Å². The Morgan fingerprint density at radius 2 is 1.34 bits per heavy atom. The number of hydrogen-bond acceptors (Lipinski definition) is 4. The minimum atomic E-state index is 0.636. The lowest BCUT2D eigenvalue weighted by Gasteiger charge is -2.13. The average molecular weight is 697 g/mol. The first-order chi connectivity index (χ1) is 26.2. The van der Waals surface area contributed by atoms with E-state index < -0.39 is 0 Å². The molecular weight excluding hydrogens is 665 g/mol. The molecule has 0 bridgehead atoms. The van der Waals surface area contributed by atoms with Gasteiger partial charge in [0.15, 0.2) is 11.5 Å². The number of nitrogens with zero attached hydrogens (tertiary/aromatic N) is 4. The molecule has 0 atom stereocenters. The van der Waals surface area contributed by atoms with E-state index in [0.29, 0.717) is 11.5 Å². The molecule has 4 heterocycles. The van der Waals surface area contributed by atoms with Crippen LogP contribution in [0.1, 0.15) is 10.4 Å². The predicted molar refractivity (Wildman–Crippen MR) is 225 cm³/mol. The van der Waals surface area contributed by atoms with E-state index in [9.17, 15) is 0 Å². The molecular formula is C48H32N4S. The second-order valence-electron chi connectivity index (χ2n) is 13.3. The maximum absolute atomic E-state index is 5.28. The van der Waals surface area contributed by atoms with Crippen molar-refractivity contribution < 1.29 is 0 Å². The second kappa shape index (κ2) is 12.5. The van der Waals surface area contributed by atoms with Crippen LogP contribution in [0.2, 0.25) is 0 Å². The Kier molecular flexibility index (Phi) is 7.34. The van der Waals surface area contributed by atoms with Gasteiger partial charge < -0.3 is 4.57 Å². The zero-order valence-corrected chi connectivity index (χ0v) is 29.8. The van der Waals surface area contributed by atoms with Crippen LogP contribution in [-0.4, -0.2) is 19.5 Å². The molecule has 0 amide bonds. The Morgan fingerprint density at radius 3 is 2.21 bits per heavy atom. The maximum atomic E-state index is 5.28. The molecule has 4 nitrogen and oxygen atoms in total. The van der Waals surface area contributed by atoms with Crippen molar-refractivity contribution in [1.82, 2.24) is 19.5 Å². The van der Waals surface area contributed by atoms with Crippen molar-refractivity contribution in [1.29, 1.82) is 0 Å². The Hall–Kier alpha value is -6.69. The van der Waals surface area contributed by atoms with Gasteiger partial charge in [-0.3, -0.25) is 0 Å². The monoisotopic (exact) mass is 696 g/mol. The summed E-state index contributed by atoms with van der Waals surface area (Å²) in [6.45, 7) is 6.19. The first kappa shape index (κ1) is 31.1. The van der Waals surface area contributed by atoms with Gasteiger partial charge in [0.05, 0.1) is 16.7 Å². The quantitative estimate of drug-likeness (QED) is 0.163. The van der Waals surface area contributed by atoms with E-state index in [1.54, 1.807) is 6.20 Å². The van der Waals surface area contributed by atoms with E-state index in [-0.39, 0.29) is 0 Å². The molecule has 0 radical (unpaired) electrons. The van der Waals surface area contributed by atoms with Gasteiger partial charge in [-0.1, -0.05) is 128 Å². The molecule has 0 N–H and O–H groups in total. The standard InChI is InChI=1S/C48H32N4S/c1-3-4-21-36-30(2)53-46-38-23-9-8-22-37(38)45-42(43(36)46)39-24-10-11-26-41(39)52(45)35-20-13-19-34(29-35)47-50-44(40-25-14-27-49-48(40)51-47)33-18-12-17-32(28-33)31-15-6-5-7-16-31/h3-29H,1H2,2H3/b21-4-. The Labute approximate surface area is 310 Å². The van der Waals surface area contributed by atoms with Crippen molar-refractivity contribution in [2.24, 2.45) is 0 Å². The van der Waals surface area contributed by atoms with Gasteiger partial charge in [-0.15, -0.1) is 11.3 Å². The molecule has 5 heteroatoms. The number of pyridine rings is 1. The van der Waals surface area contributed by atoms with Crippen molar-refractivity contribution in [3.05, 3.63) is 175 Å². The number of hydrogen-bond donors (Lipinski definition) is 0. The second-order valence-corrected chi connectivity index (χ2v) is 14.5. The summed E-state index contributed by atoms with van der Waals surface area (Å²) in [6.07, 6.45) is 7.91. The predicted octanol–water partition coefficient (Wildman–Crippen LogP) is 13.0. The molecule has 0 saturated heterocycles. The minimum absolute atomic E-state index is 0.636. The molecule has 0 saturated carbocycles. The van der Waals surface area contributed by atoms with Crippen molar-refractivity contribution in [3.8, 4) is 39.5 Å². The summed E-state index contributed by atoms with van der Waals surface area (Å²) in [5, 5.41) is 7.18. The average Bonchev–Trinajstić information content (AvgIpc) is 3.74. The van der Waals surface area contributed by atoms with Gasteiger partial charge in [0.2, 0.25) is 0 Å². The largest absolute Gasteiger partial charge is 0.309 e. The maximum Gasteiger partial charge on any atom is 0.163 e. The van der Waals surface area contributed by atoms with Gasteiger partial charge in [0, 0.05) is 64.9 Å². The number of thiophene rings is 1. The first-order valence-electron chi connectivity index (χ1n) is 17.7. The molecule has 53 heavy (non-hydrogen) atoms. The lowest BCUT2D eigenvalue weighted by atomic mass is 9.98. The van der Waals surface area contributed by atoms with E-state index in [2.05, 4.69) is 152 Å². The van der Waals surface area contributed by atoms with Gasteiger partial charge in [-0.2, -0.15) is 0 Å². The third kappa shape index (κ3) is 5.01. The Morgan fingerprint density at radius 1 is 0.623 bits per heavy atom. The number of allylic oxidation sites excluding steroid dienone is 2. The number of benzene rings is 6. The minimum Gasteiger partial charge on any atom is -0.309 e. The van der Waals surface area contributed by atoms with Gasteiger partial charge >= 0.3 is 0 Å². The number of fused-ring (bicyclic) bond motifs is 9. The van der Waals surface area contributed by atoms with Crippen molar-refractivity contribution in [3.63, 3.8) is 0 Å². The molecule has 4 aromatic heterocycles. The highest BCUT2D eigenvalue weighted by Gasteiger charge is 2.23. The highest BCUT2D eigenvalue weighted by molar-refractivity contribution is 7.20. The van der Waals surface area contributed by atoms with Crippen molar-refractivity contribution in [2.75, 3.05) is 0 Å². The van der Waals surface area contributed by atoms with E-state index in [1.807, 2.05) is 35.6 Å². The van der Waals surface area contributed by atoms with Crippen molar-refractivity contribution >= 4 is 71.1 Å². The number of aryl methyl sites for hydroxylation is 1. The Balaban J connectivity index is 1.23. The highest BCUT2D eigenvalue weighted by Crippen LogP contribution is 2.47. The fraction of sp³-hybridized carbons (Fsp3) is 0.0208. The first-order valence-corrected chi connectivity index (χ1v) is 18.5. The number of para-hydroxylation sites is 1. The molecule has 6 aromatic carbocycles. The molecule has 0 aliphatic rings. The van der Waals surface area contributed by atoms with Crippen LogP contribution < -0.4 is 0 Å². The molecule has 10 aromatic rings. The van der Waals surface area contributed by atoms with Gasteiger partial charge in [0.25, 0.3) is 0 Å². The van der Waals surface area contributed by atoms with Crippen LogP contribution in [0.5, 0.6) is 0 Å². The summed E-state index contributed by atoms with van der Waals surface area (Å²) in [5.41, 5.74) is 10.4. The van der Waals surface area contributed by atoms with E-state index in [1.165, 1.54) is 47.6 Å². The van der Waals surface area contributed by atoms with Crippen LogP contribution in [-0.2, 0) is 0 Å². The fourth-order valence-corrected chi connectivity index (χ4v) is 9.02. The molecule has 0 fully saturated rings. The van der Waals surface area contributed by atoms with Gasteiger partial charge in [-0.25, -0.2) is 15.0 Å². The van der Waals surface area contributed by atoms with Crippen LogP contribution >= 0.6 is 11.3 Å². The highest BCUT2D eigenvalue weighted by atomic mass is 32.1. The van der Waals surface area contributed by atoms with E-state index in [4.69, 9.17) is 15.0 Å². The number of rotatable bonds is 6. The fourth-order valence-electron chi connectivity index (χ4n) is 7.84. The summed E-state index contributed by atoms with van der Waals surface area (Å²) in [4.78, 5) is 16.3. The molecule has 10 rings (SSSR count). The van der Waals surface area contributed by atoms with Crippen LogP contribution in [0.25, 0.3) is 99.2 Å². The van der Waals surface area contributed by atoms with Gasteiger partial charge in [-0.05, 0) is 60.0 Å². The van der Waals surface area contributed by atoms with Crippen molar-refractivity contribution in [2.45, 2.75) is 6.92 Å². The third-order valence-corrected chi connectivity index (χ3v) is 11.3. The molecule has 0 aliphatic heterocycles. The summed E-state index contributed by atoms with van der Waals surface area (Å²) in [5.74, 6) is 0.636. The molecule has 0 unspecified atom stereocenters. The molecule has 0 aliphatic carbocycles. The normalized spacial score (nSPS) is 11.9. The van der Waals surface area contributed by atoms with Gasteiger partial charge in [0.1, 0.15) is 0 Å². The van der Waals surface area contributed by atoms with E-state index in [0.717, 1.165) is 44.5 Å². The Bertz CT molecular complexity index is 3090. The SMILES string of the molecule is C=C/C=C\c1c(C)sc2c3ccccc3c3c(c4ccccc4n3-c3cccc(-c4nc(-c5cccc(-c6ccccc6)c5)c5cccnc5n4)c3)c12. The van der Waals surface area contributed by atoms with Crippen LogP contribution in [0.3, 0.4) is 0 Å².